The topological polar surface area (TPSA) is 58.2 Å². The molecule has 2 rings (SSSR count). The Hall–Kier alpha value is -2.27. The minimum Gasteiger partial charge on any atom is -0.349 e. The largest absolute Gasteiger partial charge is 0.349 e. The zero-order valence-electron chi connectivity index (χ0n) is 13.2. The summed E-state index contributed by atoms with van der Waals surface area (Å²) >= 11 is 1.65. The van der Waals surface area contributed by atoms with Gasteiger partial charge in [0, 0.05) is 17.5 Å². The van der Waals surface area contributed by atoms with E-state index in [1.54, 1.807) is 11.8 Å². The molecule has 0 aliphatic carbocycles. The summed E-state index contributed by atoms with van der Waals surface area (Å²) in [5, 5.41) is 5.70. The maximum absolute atomic E-state index is 12.3. The van der Waals surface area contributed by atoms with E-state index >= 15 is 0 Å². The van der Waals surface area contributed by atoms with Crippen molar-refractivity contribution in [3.8, 4) is 0 Å². The monoisotopic (exact) mass is 328 g/mol. The van der Waals surface area contributed by atoms with Crippen LogP contribution in [0.2, 0.25) is 0 Å². The second kappa shape index (κ2) is 8.39. The molecule has 0 aliphatic heterocycles. The lowest BCUT2D eigenvalue weighted by molar-refractivity contribution is -0.120. The molecule has 0 saturated heterocycles. The first-order valence-electron chi connectivity index (χ1n) is 7.34. The quantitative estimate of drug-likeness (QED) is 0.796. The molecule has 2 amide bonds. The highest BCUT2D eigenvalue weighted by molar-refractivity contribution is 7.98. The Kier molecular flexibility index (Phi) is 6.23. The summed E-state index contributed by atoms with van der Waals surface area (Å²) in [6, 6.07) is 16.8. The molecule has 5 heteroatoms. The van der Waals surface area contributed by atoms with E-state index in [2.05, 4.69) is 10.6 Å². The Morgan fingerprint density at radius 2 is 1.70 bits per heavy atom. The van der Waals surface area contributed by atoms with Gasteiger partial charge in [0.1, 0.15) is 0 Å². The van der Waals surface area contributed by atoms with Crippen LogP contribution in [0.1, 0.15) is 24.9 Å². The van der Waals surface area contributed by atoms with Gasteiger partial charge in [-0.2, -0.15) is 0 Å². The van der Waals surface area contributed by atoms with Crippen LogP contribution < -0.4 is 10.6 Å². The minimum absolute atomic E-state index is 0.135. The standard InChI is InChI=1S/C18H20N2O2S/c1-13(21)19-17(14-6-4-3-5-7-14)12-18(22)20-15-8-10-16(23-2)11-9-15/h3-11,17H,12H2,1-2H3,(H,19,21)(H,20,22). The molecule has 2 N–H and O–H groups in total. The number of hydrogen-bond donors (Lipinski definition) is 2. The van der Waals surface area contributed by atoms with Gasteiger partial charge in [-0.25, -0.2) is 0 Å². The van der Waals surface area contributed by atoms with Crippen LogP contribution in [0.15, 0.2) is 59.5 Å². The lowest BCUT2D eigenvalue weighted by Crippen LogP contribution is -2.29. The smallest absolute Gasteiger partial charge is 0.226 e. The summed E-state index contributed by atoms with van der Waals surface area (Å²) in [6.07, 6.45) is 2.19. The maximum Gasteiger partial charge on any atom is 0.226 e. The van der Waals surface area contributed by atoms with E-state index in [4.69, 9.17) is 0 Å². The molecule has 1 unspecified atom stereocenters. The van der Waals surface area contributed by atoms with Crippen molar-refractivity contribution in [2.75, 3.05) is 11.6 Å². The number of benzene rings is 2. The molecule has 0 saturated carbocycles. The fourth-order valence-corrected chi connectivity index (χ4v) is 2.66. The van der Waals surface area contributed by atoms with Crippen LogP contribution >= 0.6 is 11.8 Å². The average molecular weight is 328 g/mol. The zero-order valence-corrected chi connectivity index (χ0v) is 14.0. The van der Waals surface area contributed by atoms with E-state index in [9.17, 15) is 9.59 Å². The fourth-order valence-electron chi connectivity index (χ4n) is 2.25. The summed E-state index contributed by atoms with van der Waals surface area (Å²) in [5.74, 6) is -0.291. The number of nitrogens with one attached hydrogen (secondary N) is 2. The molecule has 2 aromatic carbocycles. The van der Waals surface area contributed by atoms with Crippen LogP contribution in [0.3, 0.4) is 0 Å². The van der Waals surface area contributed by atoms with Crippen molar-refractivity contribution in [1.82, 2.24) is 5.32 Å². The van der Waals surface area contributed by atoms with Crippen LogP contribution in [-0.2, 0) is 9.59 Å². The summed E-state index contributed by atoms with van der Waals surface area (Å²) in [7, 11) is 0. The third-order valence-electron chi connectivity index (χ3n) is 3.34. The third-order valence-corrected chi connectivity index (χ3v) is 4.09. The molecule has 0 fully saturated rings. The molecule has 120 valence electrons. The van der Waals surface area contributed by atoms with Gasteiger partial charge in [0.05, 0.1) is 12.5 Å². The van der Waals surface area contributed by atoms with Gasteiger partial charge in [-0.1, -0.05) is 30.3 Å². The Morgan fingerprint density at radius 3 is 2.26 bits per heavy atom. The van der Waals surface area contributed by atoms with Crippen molar-refractivity contribution in [2.45, 2.75) is 24.3 Å². The van der Waals surface area contributed by atoms with Crippen molar-refractivity contribution < 1.29 is 9.59 Å². The number of carbonyl (C=O) groups excluding carboxylic acids is 2. The SMILES string of the molecule is CSc1ccc(NC(=O)CC(NC(C)=O)c2ccccc2)cc1. The number of thioether (sulfide) groups is 1. The average Bonchev–Trinajstić information content (AvgIpc) is 2.55. The van der Waals surface area contributed by atoms with Gasteiger partial charge < -0.3 is 10.6 Å². The van der Waals surface area contributed by atoms with Crippen molar-refractivity contribution in [3.63, 3.8) is 0 Å². The van der Waals surface area contributed by atoms with E-state index in [0.717, 1.165) is 16.1 Å². The molecule has 1 atom stereocenters. The molecular weight excluding hydrogens is 308 g/mol. The van der Waals surface area contributed by atoms with Crippen molar-refractivity contribution >= 4 is 29.3 Å². The number of hydrogen-bond acceptors (Lipinski definition) is 3. The number of amides is 2. The van der Waals surface area contributed by atoms with Crippen molar-refractivity contribution in [1.29, 1.82) is 0 Å². The van der Waals surface area contributed by atoms with Gasteiger partial charge in [0.15, 0.2) is 0 Å². The van der Waals surface area contributed by atoms with Gasteiger partial charge in [0.2, 0.25) is 11.8 Å². The first kappa shape index (κ1) is 17.1. The normalized spacial score (nSPS) is 11.6. The molecule has 0 aliphatic rings. The molecule has 23 heavy (non-hydrogen) atoms. The van der Waals surface area contributed by atoms with Crippen molar-refractivity contribution in [2.24, 2.45) is 0 Å². The number of rotatable bonds is 6. The molecule has 4 nitrogen and oxygen atoms in total. The number of carbonyl (C=O) groups is 2. The van der Waals surface area contributed by atoms with Crippen LogP contribution in [0.4, 0.5) is 5.69 Å². The molecular formula is C18H20N2O2S. The number of anilines is 1. The van der Waals surface area contributed by atoms with E-state index < -0.39 is 0 Å². The maximum atomic E-state index is 12.3. The second-order valence-corrected chi connectivity index (χ2v) is 6.02. The van der Waals surface area contributed by atoms with Crippen LogP contribution in [-0.4, -0.2) is 18.1 Å². The van der Waals surface area contributed by atoms with Crippen LogP contribution in [0.5, 0.6) is 0 Å². The Balaban J connectivity index is 2.03. The zero-order chi connectivity index (χ0) is 16.7. The molecule has 2 aromatic rings. The molecule has 0 spiro atoms. The van der Waals surface area contributed by atoms with E-state index in [1.165, 1.54) is 6.92 Å². The van der Waals surface area contributed by atoms with E-state index in [-0.39, 0.29) is 24.3 Å². The Bertz CT molecular complexity index is 656. The Labute approximate surface area is 140 Å². The highest BCUT2D eigenvalue weighted by Crippen LogP contribution is 2.20. The molecule has 0 radical (unpaired) electrons. The fraction of sp³-hybridized carbons (Fsp3) is 0.222. The first-order valence-corrected chi connectivity index (χ1v) is 8.57. The van der Waals surface area contributed by atoms with Crippen molar-refractivity contribution in [3.05, 3.63) is 60.2 Å². The third kappa shape index (κ3) is 5.45. The second-order valence-electron chi connectivity index (χ2n) is 5.14. The summed E-state index contributed by atoms with van der Waals surface area (Å²) in [4.78, 5) is 24.8. The Morgan fingerprint density at radius 1 is 1.04 bits per heavy atom. The van der Waals surface area contributed by atoms with Gasteiger partial charge in [-0.3, -0.25) is 9.59 Å². The van der Waals surface area contributed by atoms with Gasteiger partial charge in [-0.15, -0.1) is 11.8 Å². The van der Waals surface area contributed by atoms with E-state index in [0.29, 0.717) is 0 Å². The lowest BCUT2D eigenvalue weighted by Gasteiger charge is -2.18. The van der Waals surface area contributed by atoms with Crippen LogP contribution in [0, 0.1) is 0 Å². The van der Waals surface area contributed by atoms with E-state index in [1.807, 2.05) is 60.9 Å². The van der Waals surface area contributed by atoms with Gasteiger partial charge in [-0.05, 0) is 36.1 Å². The predicted molar refractivity (Wildman–Crippen MR) is 94.5 cm³/mol. The summed E-state index contributed by atoms with van der Waals surface area (Å²) in [5.41, 5.74) is 1.66. The highest BCUT2D eigenvalue weighted by Gasteiger charge is 2.17. The van der Waals surface area contributed by atoms with Gasteiger partial charge in [0.25, 0.3) is 0 Å². The molecule has 0 heterocycles. The lowest BCUT2D eigenvalue weighted by atomic mass is 10.0. The minimum atomic E-state index is -0.334. The summed E-state index contributed by atoms with van der Waals surface area (Å²) < 4.78 is 0. The highest BCUT2D eigenvalue weighted by atomic mass is 32.2. The molecule has 0 aromatic heterocycles. The van der Waals surface area contributed by atoms with Crippen LogP contribution in [0.25, 0.3) is 0 Å². The first-order chi connectivity index (χ1) is 11.1. The molecule has 0 bridgehead atoms. The van der Waals surface area contributed by atoms with Gasteiger partial charge >= 0.3 is 0 Å². The predicted octanol–water partition coefficient (Wildman–Crippen LogP) is 3.61. The summed E-state index contributed by atoms with van der Waals surface area (Å²) in [6.45, 7) is 1.45.